The van der Waals surface area contributed by atoms with Gasteiger partial charge in [-0.15, -0.1) is 0 Å². The molecular weight excluding hydrogens is 400 g/mol. The number of nitrogens with zero attached hydrogens (tertiary/aromatic N) is 1. The molecule has 0 aliphatic carbocycles. The number of hydrogen-bond donors (Lipinski definition) is 1. The zero-order valence-electron chi connectivity index (χ0n) is 15.2. The van der Waals surface area contributed by atoms with Crippen LogP contribution in [0.2, 0.25) is 5.02 Å². The van der Waals surface area contributed by atoms with E-state index in [4.69, 9.17) is 33.3 Å². The van der Waals surface area contributed by atoms with E-state index in [1.54, 1.807) is 42.5 Å². The van der Waals surface area contributed by atoms with Gasteiger partial charge in [0.25, 0.3) is 11.8 Å². The predicted octanol–water partition coefficient (Wildman–Crippen LogP) is 3.58. The second-order valence-electron chi connectivity index (χ2n) is 5.78. The molecule has 6 nitrogen and oxygen atoms in total. The van der Waals surface area contributed by atoms with Crippen LogP contribution in [0, 0.1) is 0 Å². The van der Waals surface area contributed by atoms with E-state index in [9.17, 15) is 9.59 Å². The smallest absolute Gasteiger partial charge is 0.270 e. The first-order chi connectivity index (χ1) is 13.4. The van der Waals surface area contributed by atoms with Crippen LogP contribution in [0.4, 0.5) is 5.69 Å². The number of amides is 2. The second kappa shape index (κ2) is 8.41. The third-order valence-corrected chi connectivity index (χ3v) is 4.57. The van der Waals surface area contributed by atoms with Gasteiger partial charge in [0.1, 0.15) is 17.1 Å². The molecule has 0 radical (unpaired) electrons. The Balaban J connectivity index is 1.94. The van der Waals surface area contributed by atoms with E-state index in [2.05, 4.69) is 5.32 Å². The minimum atomic E-state index is -0.566. The maximum absolute atomic E-state index is 13.0. The Morgan fingerprint density at radius 1 is 1.18 bits per heavy atom. The summed E-state index contributed by atoms with van der Waals surface area (Å²) in [6.45, 7) is 2.42. The third kappa shape index (κ3) is 4.00. The maximum atomic E-state index is 13.0. The minimum absolute atomic E-state index is 0.0177. The monoisotopic (exact) mass is 416 g/mol. The number of rotatable bonds is 5. The average molecular weight is 417 g/mol. The van der Waals surface area contributed by atoms with Crippen LogP contribution in [-0.2, 0) is 9.59 Å². The van der Waals surface area contributed by atoms with Crippen molar-refractivity contribution in [2.75, 3.05) is 18.6 Å². The van der Waals surface area contributed by atoms with Gasteiger partial charge in [0.15, 0.2) is 5.11 Å². The molecule has 1 fully saturated rings. The van der Waals surface area contributed by atoms with E-state index in [0.717, 1.165) is 0 Å². The first-order valence-electron chi connectivity index (χ1n) is 8.42. The van der Waals surface area contributed by atoms with Crippen molar-refractivity contribution in [3.05, 3.63) is 58.6 Å². The molecule has 2 amide bonds. The fraction of sp³-hybridized carbons (Fsp3) is 0.150. The molecule has 144 valence electrons. The molecule has 1 heterocycles. The summed E-state index contributed by atoms with van der Waals surface area (Å²) in [5.41, 5.74) is 1.06. The second-order valence-corrected chi connectivity index (χ2v) is 6.57. The number of nitrogens with one attached hydrogen (secondary N) is 1. The summed E-state index contributed by atoms with van der Waals surface area (Å²) in [5, 5.41) is 2.94. The Bertz CT molecular complexity index is 973. The molecule has 1 aliphatic heterocycles. The molecular formula is C20H17ClN2O4S. The minimum Gasteiger partial charge on any atom is -0.495 e. The SMILES string of the molecule is CCOc1ccc(N2C(=O)C(=Cc3ccc(OC)c(Cl)c3)C(=O)NC2=S)cc1. The molecule has 0 bridgehead atoms. The number of methoxy groups -OCH3 is 1. The zero-order valence-corrected chi connectivity index (χ0v) is 16.8. The lowest BCUT2D eigenvalue weighted by molar-refractivity contribution is -0.122. The van der Waals surface area contributed by atoms with Crippen LogP contribution in [0.25, 0.3) is 6.08 Å². The van der Waals surface area contributed by atoms with Crippen LogP contribution in [0.1, 0.15) is 12.5 Å². The van der Waals surface area contributed by atoms with E-state index >= 15 is 0 Å². The van der Waals surface area contributed by atoms with Crippen LogP contribution in [-0.4, -0.2) is 30.6 Å². The van der Waals surface area contributed by atoms with E-state index in [1.165, 1.54) is 18.1 Å². The fourth-order valence-corrected chi connectivity index (χ4v) is 3.24. The maximum Gasteiger partial charge on any atom is 0.270 e. The molecule has 2 aromatic rings. The van der Waals surface area contributed by atoms with Gasteiger partial charge in [-0.1, -0.05) is 17.7 Å². The number of benzene rings is 2. The van der Waals surface area contributed by atoms with Crippen molar-refractivity contribution in [3.8, 4) is 11.5 Å². The summed E-state index contributed by atoms with van der Waals surface area (Å²) in [6.07, 6.45) is 1.46. The van der Waals surface area contributed by atoms with Crippen molar-refractivity contribution in [2.45, 2.75) is 6.92 Å². The lowest BCUT2D eigenvalue weighted by atomic mass is 10.1. The summed E-state index contributed by atoms with van der Waals surface area (Å²) in [5.74, 6) is 0.0868. The van der Waals surface area contributed by atoms with Crippen LogP contribution < -0.4 is 19.7 Å². The molecule has 8 heteroatoms. The molecule has 1 saturated heterocycles. The first kappa shape index (κ1) is 19.9. The standard InChI is InChI=1S/C20H17ClN2O4S/c1-3-27-14-7-5-13(6-8-14)23-19(25)15(18(24)22-20(23)28)10-12-4-9-17(26-2)16(21)11-12/h4-11H,3H2,1-2H3,(H,22,24,28). The fourth-order valence-electron chi connectivity index (χ4n) is 2.69. The molecule has 0 atom stereocenters. The first-order valence-corrected chi connectivity index (χ1v) is 9.21. The lowest BCUT2D eigenvalue weighted by Crippen LogP contribution is -2.54. The summed E-state index contributed by atoms with van der Waals surface area (Å²) < 4.78 is 10.5. The van der Waals surface area contributed by atoms with Gasteiger partial charge < -0.3 is 9.47 Å². The van der Waals surface area contributed by atoms with Gasteiger partial charge >= 0.3 is 0 Å². The average Bonchev–Trinajstić information content (AvgIpc) is 2.67. The van der Waals surface area contributed by atoms with Gasteiger partial charge in [-0.25, -0.2) is 0 Å². The lowest BCUT2D eigenvalue weighted by Gasteiger charge is -2.29. The zero-order chi connectivity index (χ0) is 20.3. The summed E-state index contributed by atoms with van der Waals surface area (Å²) in [6, 6.07) is 11.8. The highest BCUT2D eigenvalue weighted by Gasteiger charge is 2.34. The molecule has 1 aliphatic rings. The van der Waals surface area contributed by atoms with Crippen molar-refractivity contribution >= 4 is 52.5 Å². The number of anilines is 1. The van der Waals surface area contributed by atoms with Gasteiger partial charge in [0, 0.05) is 0 Å². The molecule has 1 N–H and O–H groups in total. The Hall–Kier alpha value is -2.90. The van der Waals surface area contributed by atoms with Gasteiger partial charge in [-0.3, -0.25) is 19.8 Å². The molecule has 0 saturated carbocycles. The number of ether oxygens (including phenoxy) is 2. The Morgan fingerprint density at radius 2 is 1.89 bits per heavy atom. The van der Waals surface area contributed by atoms with Crippen LogP contribution in [0.15, 0.2) is 48.0 Å². The van der Waals surface area contributed by atoms with E-state index in [1.807, 2.05) is 6.92 Å². The van der Waals surface area contributed by atoms with Crippen molar-refractivity contribution in [1.82, 2.24) is 5.32 Å². The quantitative estimate of drug-likeness (QED) is 0.458. The Morgan fingerprint density at radius 3 is 2.50 bits per heavy atom. The third-order valence-electron chi connectivity index (χ3n) is 3.99. The molecule has 0 aromatic heterocycles. The summed E-state index contributed by atoms with van der Waals surface area (Å²) >= 11 is 11.3. The van der Waals surface area contributed by atoms with Crippen LogP contribution in [0.3, 0.4) is 0 Å². The molecule has 28 heavy (non-hydrogen) atoms. The van der Waals surface area contributed by atoms with Crippen molar-refractivity contribution in [3.63, 3.8) is 0 Å². The molecule has 3 rings (SSSR count). The van der Waals surface area contributed by atoms with E-state index in [-0.39, 0.29) is 10.7 Å². The predicted molar refractivity (Wildman–Crippen MR) is 112 cm³/mol. The van der Waals surface area contributed by atoms with Gasteiger partial charge in [0.2, 0.25) is 0 Å². The van der Waals surface area contributed by atoms with Crippen molar-refractivity contribution in [1.29, 1.82) is 0 Å². The number of halogens is 1. The highest BCUT2D eigenvalue weighted by atomic mass is 35.5. The van der Waals surface area contributed by atoms with Crippen molar-refractivity contribution in [2.24, 2.45) is 0 Å². The summed E-state index contributed by atoms with van der Waals surface area (Å²) in [4.78, 5) is 26.6. The number of thiocarbonyl (C=S) groups is 1. The Kier molecular flexibility index (Phi) is 5.96. The van der Waals surface area contributed by atoms with Gasteiger partial charge in [-0.05, 0) is 67.2 Å². The molecule has 0 spiro atoms. The van der Waals surface area contributed by atoms with Gasteiger partial charge in [0.05, 0.1) is 24.4 Å². The van der Waals surface area contributed by atoms with E-state index in [0.29, 0.717) is 34.4 Å². The number of carbonyl (C=O) groups excluding carboxylic acids is 2. The number of carbonyl (C=O) groups is 2. The normalized spacial score (nSPS) is 15.6. The highest BCUT2D eigenvalue weighted by Crippen LogP contribution is 2.28. The van der Waals surface area contributed by atoms with Gasteiger partial charge in [-0.2, -0.15) is 0 Å². The number of hydrogen-bond acceptors (Lipinski definition) is 5. The largest absolute Gasteiger partial charge is 0.495 e. The van der Waals surface area contributed by atoms with Crippen LogP contribution >= 0.6 is 23.8 Å². The summed E-state index contributed by atoms with van der Waals surface area (Å²) in [7, 11) is 1.51. The van der Waals surface area contributed by atoms with Crippen LogP contribution in [0.5, 0.6) is 11.5 Å². The Labute approximate surface area is 172 Å². The van der Waals surface area contributed by atoms with E-state index < -0.39 is 11.8 Å². The molecule has 2 aromatic carbocycles. The topological polar surface area (TPSA) is 67.9 Å². The van der Waals surface area contributed by atoms with Crippen molar-refractivity contribution < 1.29 is 19.1 Å². The molecule has 0 unspecified atom stereocenters. The highest BCUT2D eigenvalue weighted by molar-refractivity contribution is 7.80.